The van der Waals surface area contributed by atoms with E-state index < -0.39 is 24.7 Å². The van der Waals surface area contributed by atoms with E-state index >= 15 is 0 Å². The Balaban J connectivity index is 2.50. The second-order valence-corrected chi connectivity index (χ2v) is 2.77. The van der Waals surface area contributed by atoms with Gasteiger partial charge < -0.3 is 10.6 Å². The Hall–Kier alpha value is -0.780. The molecule has 0 aromatic rings. The Labute approximate surface area is 67.3 Å². The molecular weight excluding hydrogens is 173 g/mol. The van der Waals surface area contributed by atoms with Crippen molar-refractivity contribution in [1.82, 2.24) is 4.90 Å². The maximum absolute atomic E-state index is 11.8. The number of amides is 1. The lowest BCUT2D eigenvalue weighted by molar-refractivity contribution is -0.157. The van der Waals surface area contributed by atoms with Crippen molar-refractivity contribution < 1.29 is 18.0 Å². The molecule has 0 aromatic heterocycles. The van der Waals surface area contributed by atoms with Gasteiger partial charge in [0.05, 0.1) is 6.04 Å². The van der Waals surface area contributed by atoms with E-state index in [4.69, 9.17) is 5.73 Å². The average molecular weight is 182 g/mol. The molecule has 0 aliphatic carbocycles. The van der Waals surface area contributed by atoms with E-state index in [1.54, 1.807) is 0 Å². The molecule has 12 heavy (non-hydrogen) atoms. The maximum atomic E-state index is 11.8. The number of nitrogens with two attached hydrogens (primary N) is 1. The van der Waals surface area contributed by atoms with Crippen LogP contribution in [0.15, 0.2) is 0 Å². The first-order chi connectivity index (χ1) is 5.40. The minimum Gasteiger partial charge on any atom is -0.332 e. The highest BCUT2D eigenvalue weighted by Gasteiger charge is 2.37. The smallest absolute Gasteiger partial charge is 0.332 e. The molecule has 0 bridgehead atoms. The molecule has 1 heterocycles. The zero-order chi connectivity index (χ0) is 9.35. The molecule has 0 spiro atoms. The van der Waals surface area contributed by atoms with Gasteiger partial charge in [-0.2, -0.15) is 13.2 Å². The third kappa shape index (κ3) is 2.10. The summed E-state index contributed by atoms with van der Waals surface area (Å²) < 4.78 is 35.3. The summed E-state index contributed by atoms with van der Waals surface area (Å²) in [6.07, 6.45) is -4.01. The minimum atomic E-state index is -4.32. The van der Waals surface area contributed by atoms with Crippen molar-refractivity contribution >= 4 is 5.91 Å². The number of carbonyl (C=O) groups excluding carboxylic acids is 1. The second-order valence-electron chi connectivity index (χ2n) is 2.77. The molecule has 1 saturated heterocycles. The Bertz CT molecular complexity index is 192. The summed E-state index contributed by atoms with van der Waals surface area (Å²) in [4.78, 5) is 11.6. The third-order valence-electron chi connectivity index (χ3n) is 1.71. The van der Waals surface area contributed by atoms with Gasteiger partial charge in [0.2, 0.25) is 5.91 Å². The molecule has 3 nitrogen and oxygen atoms in total. The number of hydrogen-bond acceptors (Lipinski definition) is 2. The molecule has 1 aliphatic heterocycles. The molecule has 6 heteroatoms. The first-order valence-electron chi connectivity index (χ1n) is 3.51. The number of nitrogens with zero attached hydrogens (tertiary/aromatic N) is 1. The van der Waals surface area contributed by atoms with Crippen LogP contribution in [0.1, 0.15) is 6.42 Å². The molecule has 1 amide bonds. The molecule has 70 valence electrons. The summed E-state index contributed by atoms with van der Waals surface area (Å²) in [6.45, 7) is -1.07. The zero-order valence-electron chi connectivity index (χ0n) is 6.27. The molecule has 1 aliphatic rings. The van der Waals surface area contributed by atoms with Crippen molar-refractivity contribution in [1.29, 1.82) is 0 Å². The van der Waals surface area contributed by atoms with Gasteiger partial charge in [0.25, 0.3) is 0 Å². The molecule has 0 aromatic carbocycles. The van der Waals surface area contributed by atoms with Crippen LogP contribution < -0.4 is 5.73 Å². The number of likely N-dealkylation sites (tertiary alicyclic amines) is 1. The number of halogens is 3. The number of carbonyl (C=O) groups is 1. The molecule has 0 radical (unpaired) electrons. The minimum absolute atomic E-state index is 0.111. The van der Waals surface area contributed by atoms with Gasteiger partial charge in [-0.25, -0.2) is 0 Å². The quantitative estimate of drug-likeness (QED) is 0.625. The normalized spacial score (nSPS) is 25.2. The molecule has 1 fully saturated rings. The summed E-state index contributed by atoms with van der Waals surface area (Å²) in [6, 6.07) is -0.743. The fraction of sp³-hybridized carbons (Fsp3) is 0.833. The summed E-state index contributed by atoms with van der Waals surface area (Å²) in [5.74, 6) is -0.604. The van der Waals surface area contributed by atoms with Crippen LogP contribution in [0.3, 0.4) is 0 Å². The van der Waals surface area contributed by atoms with Gasteiger partial charge in [-0.1, -0.05) is 0 Å². The van der Waals surface area contributed by atoms with Crippen LogP contribution in [0, 0.1) is 0 Å². The number of alkyl halides is 3. The Morgan fingerprint density at radius 3 is 2.50 bits per heavy atom. The predicted molar refractivity (Wildman–Crippen MR) is 35.2 cm³/mol. The van der Waals surface area contributed by atoms with E-state index in [2.05, 4.69) is 0 Å². The standard InChI is InChI=1S/C6H9F3N2O/c7-6(8,9)3-11-2-1-4(10)5(11)12/h4H,1-3,10H2. The van der Waals surface area contributed by atoms with Crippen molar-refractivity contribution in [2.45, 2.75) is 18.6 Å². The summed E-state index contributed by atoms with van der Waals surface area (Å²) in [5.41, 5.74) is 5.23. The molecular formula is C6H9F3N2O. The van der Waals surface area contributed by atoms with Crippen LogP contribution in [0.5, 0.6) is 0 Å². The first kappa shape index (κ1) is 9.31. The highest BCUT2D eigenvalue weighted by molar-refractivity contribution is 5.83. The SMILES string of the molecule is NC1CCN(CC(F)(F)F)C1=O. The van der Waals surface area contributed by atoms with Crippen LogP contribution in [0.2, 0.25) is 0 Å². The van der Waals surface area contributed by atoms with Crippen LogP contribution in [-0.4, -0.2) is 36.1 Å². The van der Waals surface area contributed by atoms with Gasteiger partial charge in [-0.05, 0) is 6.42 Å². The molecule has 0 saturated carbocycles. The van der Waals surface area contributed by atoms with Crippen molar-refractivity contribution in [3.8, 4) is 0 Å². The summed E-state index contributed by atoms with van der Waals surface area (Å²) >= 11 is 0. The van der Waals surface area contributed by atoms with Gasteiger partial charge in [0, 0.05) is 6.54 Å². The first-order valence-corrected chi connectivity index (χ1v) is 3.51. The second kappa shape index (κ2) is 2.93. The van der Waals surface area contributed by atoms with Gasteiger partial charge in [0.15, 0.2) is 0 Å². The van der Waals surface area contributed by atoms with Gasteiger partial charge in [0.1, 0.15) is 6.54 Å². The highest BCUT2D eigenvalue weighted by Crippen LogP contribution is 2.19. The topological polar surface area (TPSA) is 46.3 Å². The molecule has 1 unspecified atom stereocenters. The van der Waals surface area contributed by atoms with Crippen LogP contribution >= 0.6 is 0 Å². The van der Waals surface area contributed by atoms with E-state index in [9.17, 15) is 18.0 Å². The highest BCUT2D eigenvalue weighted by atomic mass is 19.4. The van der Waals surface area contributed by atoms with Crippen molar-refractivity contribution in [3.05, 3.63) is 0 Å². The van der Waals surface area contributed by atoms with Crippen LogP contribution in [0.4, 0.5) is 13.2 Å². The number of rotatable bonds is 1. The summed E-state index contributed by atoms with van der Waals surface area (Å²) in [5, 5.41) is 0. The van der Waals surface area contributed by atoms with Crippen molar-refractivity contribution in [2.75, 3.05) is 13.1 Å². The lowest BCUT2D eigenvalue weighted by atomic mass is 10.3. The number of hydrogen-bond donors (Lipinski definition) is 1. The van der Waals surface area contributed by atoms with E-state index in [-0.39, 0.29) is 6.54 Å². The van der Waals surface area contributed by atoms with Crippen molar-refractivity contribution in [3.63, 3.8) is 0 Å². The lowest BCUT2D eigenvalue weighted by Crippen LogP contribution is -2.39. The van der Waals surface area contributed by atoms with E-state index in [1.165, 1.54) is 0 Å². The maximum Gasteiger partial charge on any atom is 0.406 e. The molecule has 2 N–H and O–H groups in total. The van der Waals surface area contributed by atoms with Gasteiger partial charge in [-0.15, -0.1) is 0 Å². The Kier molecular flexibility index (Phi) is 2.27. The fourth-order valence-corrected chi connectivity index (χ4v) is 1.14. The van der Waals surface area contributed by atoms with Crippen LogP contribution in [-0.2, 0) is 4.79 Å². The van der Waals surface area contributed by atoms with E-state index in [1.807, 2.05) is 0 Å². The Morgan fingerprint density at radius 1 is 1.58 bits per heavy atom. The zero-order valence-corrected chi connectivity index (χ0v) is 6.27. The monoisotopic (exact) mass is 182 g/mol. The average Bonchev–Trinajstić information content (AvgIpc) is 2.16. The van der Waals surface area contributed by atoms with Gasteiger partial charge >= 0.3 is 6.18 Å². The lowest BCUT2D eigenvalue weighted by Gasteiger charge is -2.17. The van der Waals surface area contributed by atoms with E-state index in [0.29, 0.717) is 6.42 Å². The van der Waals surface area contributed by atoms with Crippen LogP contribution in [0.25, 0.3) is 0 Å². The summed E-state index contributed by atoms with van der Waals surface area (Å²) in [7, 11) is 0. The van der Waals surface area contributed by atoms with E-state index in [0.717, 1.165) is 4.90 Å². The Morgan fingerprint density at radius 2 is 2.17 bits per heavy atom. The molecule has 1 rings (SSSR count). The fourth-order valence-electron chi connectivity index (χ4n) is 1.14. The van der Waals surface area contributed by atoms with Gasteiger partial charge in [-0.3, -0.25) is 4.79 Å². The largest absolute Gasteiger partial charge is 0.406 e. The predicted octanol–water partition coefficient (Wildman–Crippen LogP) is 0.108. The molecule has 1 atom stereocenters. The third-order valence-corrected chi connectivity index (χ3v) is 1.71. The van der Waals surface area contributed by atoms with Crippen molar-refractivity contribution in [2.24, 2.45) is 5.73 Å².